The summed E-state index contributed by atoms with van der Waals surface area (Å²) in [7, 11) is 1.57. The Morgan fingerprint density at radius 2 is 2.13 bits per heavy atom. The number of rotatable bonds is 2. The van der Waals surface area contributed by atoms with Gasteiger partial charge in [0.15, 0.2) is 5.96 Å². The van der Waals surface area contributed by atoms with E-state index in [1.807, 2.05) is 6.07 Å². The SMILES string of the molecule is CNC(=N)NC(=O)Cc1ccccc1Cl. The van der Waals surface area contributed by atoms with Gasteiger partial charge in [-0.05, 0) is 11.6 Å². The highest BCUT2D eigenvalue weighted by Gasteiger charge is 2.07. The summed E-state index contributed by atoms with van der Waals surface area (Å²) >= 11 is 5.89. The van der Waals surface area contributed by atoms with Crippen LogP contribution >= 0.6 is 11.6 Å². The molecule has 80 valence electrons. The molecule has 0 spiro atoms. The van der Waals surface area contributed by atoms with Gasteiger partial charge in [0.1, 0.15) is 0 Å². The molecule has 15 heavy (non-hydrogen) atoms. The number of amides is 1. The van der Waals surface area contributed by atoms with Crippen molar-refractivity contribution >= 4 is 23.5 Å². The van der Waals surface area contributed by atoms with Gasteiger partial charge in [-0.3, -0.25) is 15.5 Å². The third kappa shape index (κ3) is 3.59. The Labute approximate surface area is 93.1 Å². The number of carbonyl (C=O) groups excluding carboxylic acids is 1. The first-order valence-corrected chi connectivity index (χ1v) is 4.81. The fourth-order valence-corrected chi connectivity index (χ4v) is 1.26. The number of hydrogen-bond donors (Lipinski definition) is 3. The summed E-state index contributed by atoms with van der Waals surface area (Å²) in [6.07, 6.45) is 0.170. The van der Waals surface area contributed by atoms with Crippen molar-refractivity contribution in [2.45, 2.75) is 6.42 Å². The molecule has 0 unspecified atom stereocenters. The van der Waals surface area contributed by atoms with Crippen molar-refractivity contribution in [3.8, 4) is 0 Å². The first kappa shape index (κ1) is 11.5. The van der Waals surface area contributed by atoms with Gasteiger partial charge in [0.05, 0.1) is 6.42 Å². The molecular formula is C10H12ClN3O. The molecule has 0 aromatic heterocycles. The lowest BCUT2D eigenvalue weighted by Crippen LogP contribution is -2.38. The molecule has 0 aliphatic heterocycles. The van der Waals surface area contributed by atoms with Gasteiger partial charge in [-0.25, -0.2) is 0 Å². The molecule has 0 aliphatic rings. The fraction of sp³-hybridized carbons (Fsp3) is 0.200. The van der Waals surface area contributed by atoms with Crippen molar-refractivity contribution in [1.82, 2.24) is 10.6 Å². The first-order valence-electron chi connectivity index (χ1n) is 4.43. The van der Waals surface area contributed by atoms with E-state index in [4.69, 9.17) is 17.0 Å². The van der Waals surface area contributed by atoms with Crippen LogP contribution in [0.5, 0.6) is 0 Å². The highest BCUT2D eigenvalue weighted by atomic mass is 35.5. The Hall–Kier alpha value is -1.55. The Balaban J connectivity index is 2.59. The molecule has 4 nitrogen and oxygen atoms in total. The Morgan fingerprint density at radius 3 is 2.73 bits per heavy atom. The van der Waals surface area contributed by atoms with Crippen molar-refractivity contribution in [3.63, 3.8) is 0 Å². The molecule has 0 saturated carbocycles. The number of carbonyl (C=O) groups is 1. The Kier molecular flexibility index (Phi) is 4.12. The van der Waals surface area contributed by atoms with E-state index in [9.17, 15) is 4.79 Å². The zero-order valence-electron chi connectivity index (χ0n) is 8.30. The zero-order chi connectivity index (χ0) is 11.3. The second-order valence-electron chi connectivity index (χ2n) is 2.94. The van der Waals surface area contributed by atoms with E-state index >= 15 is 0 Å². The maximum absolute atomic E-state index is 11.4. The molecule has 0 saturated heterocycles. The summed E-state index contributed by atoms with van der Waals surface area (Å²) in [5.74, 6) is -0.283. The van der Waals surface area contributed by atoms with Crippen LogP contribution in [0.3, 0.4) is 0 Å². The van der Waals surface area contributed by atoms with E-state index in [2.05, 4.69) is 10.6 Å². The molecule has 1 rings (SSSR count). The fourth-order valence-electron chi connectivity index (χ4n) is 1.06. The summed E-state index contributed by atoms with van der Waals surface area (Å²) in [6, 6.07) is 7.13. The van der Waals surface area contributed by atoms with E-state index in [1.165, 1.54) is 0 Å². The van der Waals surface area contributed by atoms with E-state index in [0.29, 0.717) is 5.02 Å². The predicted molar refractivity (Wildman–Crippen MR) is 60.1 cm³/mol. The van der Waals surface area contributed by atoms with Gasteiger partial charge in [0.25, 0.3) is 0 Å². The van der Waals surface area contributed by atoms with Crippen LogP contribution in [0.1, 0.15) is 5.56 Å². The first-order chi connectivity index (χ1) is 7.13. The van der Waals surface area contributed by atoms with Crippen LogP contribution in [0, 0.1) is 5.41 Å². The highest BCUT2D eigenvalue weighted by molar-refractivity contribution is 6.31. The molecule has 0 aliphatic carbocycles. The zero-order valence-corrected chi connectivity index (χ0v) is 9.06. The Bertz CT molecular complexity index is 379. The van der Waals surface area contributed by atoms with Crippen LogP contribution in [-0.2, 0) is 11.2 Å². The molecule has 5 heteroatoms. The summed E-state index contributed by atoms with van der Waals surface area (Å²) in [6.45, 7) is 0. The number of halogens is 1. The second-order valence-corrected chi connectivity index (χ2v) is 3.35. The van der Waals surface area contributed by atoms with Crippen LogP contribution in [-0.4, -0.2) is 18.9 Å². The largest absolute Gasteiger partial charge is 0.359 e. The third-order valence-electron chi connectivity index (χ3n) is 1.82. The van der Waals surface area contributed by atoms with Crippen LogP contribution in [0.2, 0.25) is 5.02 Å². The van der Waals surface area contributed by atoms with Gasteiger partial charge in [-0.1, -0.05) is 29.8 Å². The molecule has 1 aromatic rings. The lowest BCUT2D eigenvalue weighted by molar-refractivity contribution is -0.119. The molecule has 0 atom stereocenters. The van der Waals surface area contributed by atoms with Crippen molar-refractivity contribution < 1.29 is 4.79 Å². The summed E-state index contributed by atoms with van der Waals surface area (Å²) in [5.41, 5.74) is 0.751. The van der Waals surface area contributed by atoms with Crippen molar-refractivity contribution in [2.75, 3.05) is 7.05 Å². The molecule has 1 aromatic carbocycles. The molecule has 0 heterocycles. The maximum Gasteiger partial charge on any atom is 0.231 e. The molecule has 1 amide bonds. The van der Waals surface area contributed by atoms with Crippen molar-refractivity contribution in [3.05, 3.63) is 34.9 Å². The van der Waals surface area contributed by atoms with Gasteiger partial charge >= 0.3 is 0 Å². The number of guanidine groups is 1. The number of benzene rings is 1. The van der Waals surface area contributed by atoms with Gasteiger partial charge in [-0.15, -0.1) is 0 Å². The molecule has 0 fully saturated rings. The third-order valence-corrected chi connectivity index (χ3v) is 2.19. The minimum atomic E-state index is -0.262. The minimum Gasteiger partial charge on any atom is -0.359 e. The van der Waals surface area contributed by atoms with E-state index < -0.39 is 0 Å². The quantitative estimate of drug-likeness (QED) is 0.522. The lowest BCUT2D eigenvalue weighted by atomic mass is 10.1. The summed E-state index contributed by atoms with van der Waals surface area (Å²) < 4.78 is 0. The lowest BCUT2D eigenvalue weighted by Gasteiger charge is -2.06. The number of nitrogens with one attached hydrogen (secondary N) is 3. The summed E-state index contributed by atoms with van der Waals surface area (Å²) in [5, 5.41) is 12.7. The van der Waals surface area contributed by atoms with Gasteiger partial charge in [-0.2, -0.15) is 0 Å². The minimum absolute atomic E-state index is 0.0212. The maximum atomic E-state index is 11.4. The van der Waals surface area contributed by atoms with Gasteiger partial charge < -0.3 is 5.32 Å². The predicted octanol–water partition coefficient (Wildman–Crippen LogP) is 1.15. The monoisotopic (exact) mass is 225 g/mol. The van der Waals surface area contributed by atoms with Crippen LogP contribution < -0.4 is 10.6 Å². The van der Waals surface area contributed by atoms with Crippen LogP contribution in [0.25, 0.3) is 0 Å². The molecule has 0 radical (unpaired) electrons. The average molecular weight is 226 g/mol. The van der Waals surface area contributed by atoms with E-state index in [0.717, 1.165) is 5.56 Å². The average Bonchev–Trinajstić information content (AvgIpc) is 2.21. The highest BCUT2D eigenvalue weighted by Crippen LogP contribution is 2.14. The van der Waals surface area contributed by atoms with Gasteiger partial charge in [0.2, 0.25) is 5.91 Å². The van der Waals surface area contributed by atoms with Crippen molar-refractivity contribution in [1.29, 1.82) is 5.41 Å². The number of hydrogen-bond acceptors (Lipinski definition) is 2. The van der Waals surface area contributed by atoms with E-state index in [-0.39, 0.29) is 18.3 Å². The smallest absolute Gasteiger partial charge is 0.231 e. The molecular weight excluding hydrogens is 214 g/mol. The second kappa shape index (κ2) is 5.36. The van der Waals surface area contributed by atoms with Crippen molar-refractivity contribution in [2.24, 2.45) is 0 Å². The molecule has 3 N–H and O–H groups in total. The molecule has 0 bridgehead atoms. The summed E-state index contributed by atoms with van der Waals surface area (Å²) in [4.78, 5) is 11.4. The standard InChI is InChI=1S/C10H12ClN3O/c1-13-10(12)14-9(15)6-7-4-2-3-5-8(7)11/h2-5H,6H2,1H3,(H3,12,13,14,15). The topological polar surface area (TPSA) is 65.0 Å². The normalized spacial score (nSPS) is 9.47. The van der Waals surface area contributed by atoms with Gasteiger partial charge in [0, 0.05) is 12.1 Å². The van der Waals surface area contributed by atoms with Crippen LogP contribution in [0.15, 0.2) is 24.3 Å². The van der Waals surface area contributed by atoms with E-state index in [1.54, 1.807) is 25.2 Å². The van der Waals surface area contributed by atoms with Crippen LogP contribution in [0.4, 0.5) is 0 Å². The Morgan fingerprint density at radius 1 is 1.47 bits per heavy atom.